The molecule has 0 aliphatic carbocycles. The Balaban J connectivity index is 2.66. The van der Waals surface area contributed by atoms with Crippen molar-refractivity contribution in [2.24, 2.45) is 0 Å². The van der Waals surface area contributed by atoms with E-state index < -0.39 is 0 Å². The summed E-state index contributed by atoms with van der Waals surface area (Å²) in [5.41, 5.74) is 0. The number of likely N-dealkylation sites (N-methyl/N-ethyl adjacent to an activating group) is 2. The first kappa shape index (κ1) is 15.9. The van der Waals surface area contributed by atoms with Crippen LogP contribution in [0.4, 0.5) is 0 Å². The molecule has 0 saturated carbocycles. The highest BCUT2D eigenvalue weighted by Gasteiger charge is 2.33. The maximum absolute atomic E-state index is 3.55. The molecule has 3 atom stereocenters. The first-order valence-corrected chi connectivity index (χ1v) is 7.71. The van der Waals surface area contributed by atoms with Crippen molar-refractivity contribution in [3.8, 4) is 0 Å². The molecule has 1 aliphatic heterocycles. The Morgan fingerprint density at radius 3 is 2.56 bits per heavy atom. The third-order valence-electron chi connectivity index (χ3n) is 4.28. The van der Waals surface area contributed by atoms with Crippen LogP contribution in [0, 0.1) is 0 Å². The van der Waals surface area contributed by atoms with Gasteiger partial charge in [0.25, 0.3) is 0 Å². The number of nitrogens with one attached hydrogen (secondary N) is 1. The largest absolute Gasteiger partial charge is 0.315 e. The van der Waals surface area contributed by atoms with Crippen LogP contribution in [0.25, 0.3) is 0 Å². The van der Waals surface area contributed by atoms with Crippen molar-refractivity contribution < 1.29 is 0 Å². The summed E-state index contributed by atoms with van der Waals surface area (Å²) in [4.78, 5) is 5.11. The third kappa shape index (κ3) is 4.22. The van der Waals surface area contributed by atoms with Crippen LogP contribution >= 0.6 is 0 Å². The van der Waals surface area contributed by atoms with Crippen LogP contribution in [0.5, 0.6) is 0 Å². The number of rotatable bonds is 8. The Morgan fingerprint density at radius 1 is 1.33 bits per heavy atom. The molecule has 0 bridgehead atoms. The second-order valence-electron chi connectivity index (χ2n) is 5.96. The molecule has 3 heteroatoms. The highest BCUT2D eigenvalue weighted by Crippen LogP contribution is 2.25. The van der Waals surface area contributed by atoms with Gasteiger partial charge in [-0.05, 0) is 53.4 Å². The average Bonchev–Trinajstić information content (AvgIpc) is 2.76. The van der Waals surface area contributed by atoms with Gasteiger partial charge in [-0.3, -0.25) is 4.90 Å². The Labute approximate surface area is 114 Å². The molecular formula is C15H33N3. The second-order valence-corrected chi connectivity index (χ2v) is 5.96. The molecule has 1 heterocycles. The van der Waals surface area contributed by atoms with E-state index in [0.717, 1.165) is 6.04 Å². The third-order valence-corrected chi connectivity index (χ3v) is 4.28. The lowest BCUT2D eigenvalue weighted by molar-refractivity contribution is 0.118. The lowest BCUT2D eigenvalue weighted by Gasteiger charge is -2.38. The molecule has 1 aliphatic rings. The Morgan fingerprint density at radius 2 is 2.06 bits per heavy atom. The molecule has 0 aromatic carbocycles. The van der Waals surface area contributed by atoms with Gasteiger partial charge in [-0.25, -0.2) is 0 Å². The molecule has 1 fully saturated rings. The quantitative estimate of drug-likeness (QED) is 0.717. The van der Waals surface area contributed by atoms with Crippen molar-refractivity contribution in [1.29, 1.82) is 0 Å². The topological polar surface area (TPSA) is 18.5 Å². The van der Waals surface area contributed by atoms with Crippen LogP contribution in [0.1, 0.15) is 46.0 Å². The molecule has 3 unspecified atom stereocenters. The normalized spacial score (nSPS) is 24.7. The number of hydrogen-bond acceptors (Lipinski definition) is 3. The molecule has 1 N–H and O–H groups in total. The van der Waals surface area contributed by atoms with Crippen molar-refractivity contribution in [2.45, 2.75) is 64.1 Å². The highest BCUT2D eigenvalue weighted by atomic mass is 15.3. The maximum Gasteiger partial charge on any atom is 0.0250 e. The van der Waals surface area contributed by atoms with Crippen LogP contribution in [0.3, 0.4) is 0 Å². The highest BCUT2D eigenvalue weighted by molar-refractivity contribution is 4.91. The Hall–Kier alpha value is -0.120. The van der Waals surface area contributed by atoms with Crippen molar-refractivity contribution in [1.82, 2.24) is 15.1 Å². The van der Waals surface area contributed by atoms with Crippen LogP contribution in [-0.2, 0) is 0 Å². The van der Waals surface area contributed by atoms with Gasteiger partial charge in [0.2, 0.25) is 0 Å². The molecule has 0 radical (unpaired) electrons. The summed E-state index contributed by atoms with van der Waals surface area (Å²) in [5, 5.41) is 3.55. The molecule has 1 rings (SSSR count). The lowest BCUT2D eigenvalue weighted by atomic mass is 9.98. The summed E-state index contributed by atoms with van der Waals surface area (Å²) in [6, 6.07) is 2.13. The van der Waals surface area contributed by atoms with E-state index in [4.69, 9.17) is 0 Å². The van der Waals surface area contributed by atoms with Gasteiger partial charge in [0, 0.05) is 24.7 Å². The summed E-state index contributed by atoms with van der Waals surface area (Å²) in [7, 11) is 6.51. The summed E-state index contributed by atoms with van der Waals surface area (Å²) in [6.45, 7) is 7.13. The van der Waals surface area contributed by atoms with E-state index in [9.17, 15) is 0 Å². The van der Waals surface area contributed by atoms with Gasteiger partial charge in [0.15, 0.2) is 0 Å². The number of likely N-dealkylation sites (tertiary alicyclic amines) is 1. The second kappa shape index (κ2) is 8.13. The summed E-state index contributed by atoms with van der Waals surface area (Å²) < 4.78 is 0. The zero-order valence-corrected chi connectivity index (χ0v) is 13.1. The first-order chi connectivity index (χ1) is 8.63. The molecule has 0 aromatic heterocycles. The van der Waals surface area contributed by atoms with Crippen molar-refractivity contribution in [3.05, 3.63) is 0 Å². The smallest absolute Gasteiger partial charge is 0.0250 e. The van der Waals surface area contributed by atoms with Crippen molar-refractivity contribution in [2.75, 3.05) is 34.2 Å². The monoisotopic (exact) mass is 255 g/mol. The zero-order chi connectivity index (χ0) is 13.5. The molecule has 108 valence electrons. The summed E-state index contributed by atoms with van der Waals surface area (Å²) in [5.74, 6) is 0. The van der Waals surface area contributed by atoms with Gasteiger partial charge in [0.1, 0.15) is 0 Å². The molecule has 3 nitrogen and oxygen atoms in total. The molecule has 18 heavy (non-hydrogen) atoms. The van der Waals surface area contributed by atoms with Crippen molar-refractivity contribution in [3.63, 3.8) is 0 Å². The SMILES string of the molecule is CCCC(NC)C(CC)N1CCCC1CN(C)C. The lowest BCUT2D eigenvalue weighted by Crippen LogP contribution is -2.52. The van der Waals surface area contributed by atoms with Gasteiger partial charge in [0.05, 0.1) is 0 Å². The summed E-state index contributed by atoms with van der Waals surface area (Å²) >= 11 is 0. The molecule has 0 aromatic rings. The van der Waals surface area contributed by atoms with Gasteiger partial charge >= 0.3 is 0 Å². The predicted molar refractivity (Wildman–Crippen MR) is 80.1 cm³/mol. The van der Waals surface area contributed by atoms with Crippen LogP contribution in [-0.4, -0.2) is 62.2 Å². The minimum atomic E-state index is 0.655. The van der Waals surface area contributed by atoms with E-state index in [1.807, 2.05) is 0 Å². The minimum absolute atomic E-state index is 0.655. The molecule has 0 amide bonds. The van der Waals surface area contributed by atoms with E-state index in [-0.39, 0.29) is 0 Å². The minimum Gasteiger partial charge on any atom is -0.315 e. The van der Waals surface area contributed by atoms with E-state index in [1.54, 1.807) is 0 Å². The van der Waals surface area contributed by atoms with Gasteiger partial charge in [-0.1, -0.05) is 20.3 Å². The van der Waals surface area contributed by atoms with E-state index in [0.29, 0.717) is 12.1 Å². The predicted octanol–water partition coefficient (Wildman–Crippen LogP) is 2.18. The van der Waals surface area contributed by atoms with Crippen LogP contribution in [0.2, 0.25) is 0 Å². The van der Waals surface area contributed by atoms with Gasteiger partial charge in [-0.15, -0.1) is 0 Å². The maximum atomic E-state index is 3.55. The van der Waals surface area contributed by atoms with E-state index in [2.05, 4.69) is 50.1 Å². The first-order valence-electron chi connectivity index (χ1n) is 7.71. The van der Waals surface area contributed by atoms with Gasteiger partial charge < -0.3 is 10.2 Å². The molecular weight excluding hydrogens is 222 g/mol. The fraction of sp³-hybridized carbons (Fsp3) is 1.00. The van der Waals surface area contributed by atoms with Crippen LogP contribution < -0.4 is 5.32 Å². The average molecular weight is 255 g/mol. The zero-order valence-electron chi connectivity index (χ0n) is 13.1. The van der Waals surface area contributed by atoms with Crippen molar-refractivity contribution >= 4 is 0 Å². The van der Waals surface area contributed by atoms with Crippen LogP contribution in [0.15, 0.2) is 0 Å². The Kier molecular flexibility index (Phi) is 7.20. The summed E-state index contributed by atoms with van der Waals surface area (Å²) in [6.07, 6.45) is 6.57. The molecule has 1 saturated heterocycles. The standard InChI is InChI=1S/C15H33N3/c1-6-9-14(16-3)15(7-2)18-11-8-10-13(18)12-17(4)5/h13-16H,6-12H2,1-5H3. The van der Waals surface area contributed by atoms with E-state index >= 15 is 0 Å². The number of hydrogen-bond donors (Lipinski definition) is 1. The fourth-order valence-corrected chi connectivity index (χ4v) is 3.50. The van der Waals surface area contributed by atoms with E-state index in [1.165, 1.54) is 45.2 Å². The Bertz CT molecular complexity index is 218. The van der Waals surface area contributed by atoms with Gasteiger partial charge in [-0.2, -0.15) is 0 Å². The fourth-order valence-electron chi connectivity index (χ4n) is 3.50. The molecule has 0 spiro atoms. The number of nitrogens with zero attached hydrogens (tertiary/aromatic N) is 2.